The summed E-state index contributed by atoms with van der Waals surface area (Å²) in [7, 11) is 0. The first-order valence-electron chi connectivity index (χ1n) is 6.86. The summed E-state index contributed by atoms with van der Waals surface area (Å²) in [6.07, 6.45) is 7.75. The molecule has 0 aliphatic heterocycles. The molecule has 1 nitrogen and oxygen atoms in total. The van der Waals surface area contributed by atoms with Gasteiger partial charge in [0.05, 0.1) is 0 Å². The Morgan fingerprint density at radius 1 is 1.06 bits per heavy atom. The lowest BCUT2D eigenvalue weighted by molar-refractivity contribution is 0.475. The third kappa shape index (κ3) is 4.73. The fraction of sp³-hybridized carbons (Fsp3) is 0.600. The van der Waals surface area contributed by atoms with Gasteiger partial charge in [-0.15, -0.1) is 0 Å². The van der Waals surface area contributed by atoms with Crippen LogP contribution in [-0.2, 0) is 0 Å². The topological polar surface area (TPSA) is 26.0 Å². The maximum atomic E-state index is 13.5. The third-order valence-electron chi connectivity index (χ3n) is 3.25. The molecule has 1 rings (SSSR count). The van der Waals surface area contributed by atoms with Crippen molar-refractivity contribution in [3.63, 3.8) is 0 Å². The minimum atomic E-state index is -0.814. The van der Waals surface area contributed by atoms with Gasteiger partial charge in [0.1, 0.15) is 0 Å². The van der Waals surface area contributed by atoms with Crippen LogP contribution in [0, 0.1) is 11.6 Å². The number of unbranched alkanes of at least 4 members (excludes halogenated alkanes) is 5. The molecule has 0 fully saturated rings. The van der Waals surface area contributed by atoms with E-state index in [-0.39, 0.29) is 0 Å². The molecule has 1 aromatic rings. The SMILES string of the molecule is CCCCCCCCC(N)c1cccc(F)c1F. The Labute approximate surface area is 108 Å². The highest BCUT2D eigenvalue weighted by Gasteiger charge is 2.13. The van der Waals surface area contributed by atoms with Gasteiger partial charge in [-0.1, -0.05) is 57.6 Å². The van der Waals surface area contributed by atoms with Gasteiger partial charge >= 0.3 is 0 Å². The average molecular weight is 255 g/mol. The summed E-state index contributed by atoms with van der Waals surface area (Å²) in [5.41, 5.74) is 6.19. The second-order valence-electron chi connectivity index (χ2n) is 4.81. The first-order valence-corrected chi connectivity index (χ1v) is 6.86. The Kier molecular flexibility index (Phi) is 6.88. The Morgan fingerprint density at radius 3 is 2.44 bits per heavy atom. The molecule has 0 spiro atoms. The number of halogens is 2. The molecule has 0 aliphatic carbocycles. The van der Waals surface area contributed by atoms with E-state index >= 15 is 0 Å². The van der Waals surface area contributed by atoms with Crippen LogP contribution >= 0.6 is 0 Å². The van der Waals surface area contributed by atoms with E-state index in [2.05, 4.69) is 6.92 Å². The van der Waals surface area contributed by atoms with E-state index in [1.165, 1.54) is 31.7 Å². The molecular weight excluding hydrogens is 232 g/mol. The number of hydrogen-bond acceptors (Lipinski definition) is 1. The smallest absolute Gasteiger partial charge is 0.163 e. The standard InChI is InChI=1S/C15H23F2N/c1-2-3-4-5-6-7-11-14(18)12-9-8-10-13(16)15(12)17/h8-10,14H,2-7,11,18H2,1H3. The van der Waals surface area contributed by atoms with Crippen LogP contribution < -0.4 is 5.73 Å². The number of rotatable bonds is 8. The Morgan fingerprint density at radius 2 is 1.72 bits per heavy atom. The second-order valence-corrected chi connectivity index (χ2v) is 4.81. The van der Waals surface area contributed by atoms with E-state index in [0.717, 1.165) is 18.9 Å². The zero-order chi connectivity index (χ0) is 13.4. The second kappa shape index (κ2) is 8.20. The van der Waals surface area contributed by atoms with Crippen LogP contribution in [0.3, 0.4) is 0 Å². The molecule has 0 heterocycles. The quantitative estimate of drug-likeness (QED) is 0.668. The summed E-state index contributed by atoms with van der Waals surface area (Å²) in [5.74, 6) is -1.61. The molecular formula is C15H23F2N. The lowest BCUT2D eigenvalue weighted by Crippen LogP contribution is -2.12. The molecule has 102 valence electrons. The van der Waals surface area contributed by atoms with Crippen molar-refractivity contribution in [2.45, 2.75) is 57.9 Å². The van der Waals surface area contributed by atoms with E-state index in [0.29, 0.717) is 12.0 Å². The molecule has 1 atom stereocenters. The summed E-state index contributed by atoms with van der Waals surface area (Å²) in [5, 5.41) is 0. The molecule has 0 saturated heterocycles. The van der Waals surface area contributed by atoms with Crippen LogP contribution in [0.1, 0.15) is 63.5 Å². The van der Waals surface area contributed by atoms with Gasteiger partial charge in [0, 0.05) is 11.6 Å². The third-order valence-corrected chi connectivity index (χ3v) is 3.25. The van der Waals surface area contributed by atoms with E-state index in [1.807, 2.05) is 0 Å². The summed E-state index contributed by atoms with van der Waals surface area (Å²) >= 11 is 0. The Hall–Kier alpha value is -0.960. The zero-order valence-electron chi connectivity index (χ0n) is 11.1. The molecule has 1 unspecified atom stereocenters. The van der Waals surface area contributed by atoms with E-state index in [9.17, 15) is 8.78 Å². The summed E-state index contributed by atoms with van der Waals surface area (Å²) in [6, 6.07) is 3.80. The van der Waals surface area contributed by atoms with E-state index in [4.69, 9.17) is 5.73 Å². The Balaban J connectivity index is 2.32. The van der Waals surface area contributed by atoms with Crippen molar-refractivity contribution in [3.05, 3.63) is 35.4 Å². The predicted molar refractivity (Wildman–Crippen MR) is 71.3 cm³/mol. The molecule has 0 radical (unpaired) electrons. The van der Waals surface area contributed by atoms with Gasteiger partial charge in [-0.25, -0.2) is 8.78 Å². The van der Waals surface area contributed by atoms with Crippen LogP contribution in [0.15, 0.2) is 18.2 Å². The molecule has 0 aromatic heterocycles. The van der Waals surface area contributed by atoms with Gasteiger partial charge < -0.3 is 5.73 Å². The maximum absolute atomic E-state index is 13.5. The fourth-order valence-corrected chi connectivity index (χ4v) is 2.11. The van der Waals surface area contributed by atoms with Gasteiger partial charge in [0.25, 0.3) is 0 Å². The minimum absolute atomic E-state index is 0.295. The lowest BCUT2D eigenvalue weighted by atomic mass is 10.00. The van der Waals surface area contributed by atoms with Gasteiger partial charge in [0.15, 0.2) is 11.6 Å². The van der Waals surface area contributed by atoms with Gasteiger partial charge in [0.2, 0.25) is 0 Å². The highest BCUT2D eigenvalue weighted by atomic mass is 19.2. The minimum Gasteiger partial charge on any atom is -0.324 e. The maximum Gasteiger partial charge on any atom is 0.163 e. The van der Waals surface area contributed by atoms with Crippen molar-refractivity contribution in [2.75, 3.05) is 0 Å². The largest absolute Gasteiger partial charge is 0.324 e. The predicted octanol–water partition coefficient (Wildman–Crippen LogP) is 4.72. The Bertz CT molecular complexity index is 352. The molecule has 18 heavy (non-hydrogen) atoms. The van der Waals surface area contributed by atoms with Crippen molar-refractivity contribution in [1.29, 1.82) is 0 Å². The summed E-state index contributed by atoms with van der Waals surface area (Å²) < 4.78 is 26.5. The van der Waals surface area contributed by atoms with Gasteiger partial charge in [-0.3, -0.25) is 0 Å². The van der Waals surface area contributed by atoms with E-state index < -0.39 is 17.7 Å². The molecule has 0 bridgehead atoms. The zero-order valence-corrected chi connectivity index (χ0v) is 11.1. The van der Waals surface area contributed by atoms with Crippen LogP contribution in [0.2, 0.25) is 0 Å². The van der Waals surface area contributed by atoms with Crippen LogP contribution in [0.4, 0.5) is 8.78 Å². The van der Waals surface area contributed by atoms with Crippen LogP contribution in [-0.4, -0.2) is 0 Å². The van der Waals surface area contributed by atoms with Crippen LogP contribution in [0.5, 0.6) is 0 Å². The van der Waals surface area contributed by atoms with Gasteiger partial charge in [-0.2, -0.15) is 0 Å². The number of benzene rings is 1. The first-order chi connectivity index (χ1) is 8.66. The van der Waals surface area contributed by atoms with Crippen molar-refractivity contribution in [3.8, 4) is 0 Å². The van der Waals surface area contributed by atoms with Crippen molar-refractivity contribution in [1.82, 2.24) is 0 Å². The van der Waals surface area contributed by atoms with Crippen molar-refractivity contribution < 1.29 is 8.78 Å². The average Bonchev–Trinajstić information content (AvgIpc) is 2.36. The monoisotopic (exact) mass is 255 g/mol. The molecule has 3 heteroatoms. The summed E-state index contributed by atoms with van der Waals surface area (Å²) in [4.78, 5) is 0. The van der Waals surface area contributed by atoms with Crippen molar-refractivity contribution >= 4 is 0 Å². The molecule has 1 aromatic carbocycles. The molecule has 0 amide bonds. The fourth-order valence-electron chi connectivity index (χ4n) is 2.11. The van der Waals surface area contributed by atoms with Crippen molar-refractivity contribution in [2.24, 2.45) is 5.73 Å². The molecule has 0 aliphatic rings. The molecule has 0 saturated carbocycles. The molecule has 2 N–H and O–H groups in total. The van der Waals surface area contributed by atoms with Crippen LogP contribution in [0.25, 0.3) is 0 Å². The first kappa shape index (κ1) is 15.1. The number of nitrogens with two attached hydrogens (primary N) is 1. The normalized spacial score (nSPS) is 12.7. The highest BCUT2D eigenvalue weighted by Crippen LogP contribution is 2.22. The summed E-state index contributed by atoms with van der Waals surface area (Å²) in [6.45, 7) is 2.18. The van der Waals surface area contributed by atoms with E-state index in [1.54, 1.807) is 6.07 Å². The van der Waals surface area contributed by atoms with Gasteiger partial charge in [-0.05, 0) is 12.5 Å². The highest BCUT2D eigenvalue weighted by molar-refractivity contribution is 5.22. The lowest BCUT2D eigenvalue weighted by Gasteiger charge is -2.13. The number of hydrogen-bond donors (Lipinski definition) is 1.